The summed E-state index contributed by atoms with van der Waals surface area (Å²) in [4.78, 5) is 27.2. The number of carbonyl (C=O) groups is 2. The molecule has 114 valence electrons. The highest BCUT2D eigenvalue weighted by molar-refractivity contribution is 7.10. The van der Waals surface area contributed by atoms with Crippen molar-refractivity contribution >= 4 is 23.3 Å². The Bertz CT molecular complexity index is 563. The quantitative estimate of drug-likeness (QED) is 0.882. The Labute approximate surface area is 128 Å². The van der Waals surface area contributed by atoms with Crippen LogP contribution in [-0.4, -0.2) is 34.1 Å². The molecule has 0 spiro atoms. The van der Waals surface area contributed by atoms with E-state index in [1.165, 1.54) is 10.4 Å². The second kappa shape index (κ2) is 5.33. The third-order valence-corrected chi connectivity index (χ3v) is 5.75. The Hall–Kier alpha value is -1.56. The molecule has 1 fully saturated rings. The topological polar surface area (TPSA) is 69.6 Å². The number of carboxylic acid groups (broad SMARTS) is 1. The monoisotopic (exact) mass is 308 g/mol. The molecule has 2 N–H and O–H groups in total. The molecule has 3 rings (SSSR count). The smallest absolute Gasteiger partial charge is 0.329 e. The number of hydrogen-bond donors (Lipinski definition) is 2. The van der Waals surface area contributed by atoms with Gasteiger partial charge in [-0.3, -0.25) is 0 Å². The minimum atomic E-state index is -1.06. The minimum absolute atomic E-state index is 0.00671. The van der Waals surface area contributed by atoms with E-state index in [0.29, 0.717) is 19.4 Å². The second-order valence-electron chi connectivity index (χ2n) is 5.94. The van der Waals surface area contributed by atoms with Crippen LogP contribution in [0, 0.1) is 0 Å². The van der Waals surface area contributed by atoms with Crippen LogP contribution in [0.3, 0.4) is 0 Å². The third-order valence-electron chi connectivity index (χ3n) is 4.75. The first-order valence-electron chi connectivity index (χ1n) is 7.42. The van der Waals surface area contributed by atoms with Gasteiger partial charge in [-0.1, -0.05) is 12.8 Å². The number of nitrogens with zero attached hydrogens (tertiary/aromatic N) is 1. The van der Waals surface area contributed by atoms with Crippen LogP contribution < -0.4 is 5.32 Å². The normalized spacial score (nSPS) is 23.7. The number of fused-ring (bicyclic) bond motifs is 1. The van der Waals surface area contributed by atoms with Crippen LogP contribution in [0.15, 0.2) is 11.4 Å². The summed E-state index contributed by atoms with van der Waals surface area (Å²) in [5, 5.41) is 14.3. The number of carbonyl (C=O) groups excluding carboxylic acids is 1. The first-order chi connectivity index (χ1) is 10.0. The standard InChI is InChI=1S/C15H20N2O3S/c1-10-11-5-9-21-12(11)4-8-17(10)14(20)16-15(13(18)19)6-2-3-7-15/h5,9-10H,2-4,6-8H2,1H3,(H,16,20)(H,18,19). The van der Waals surface area contributed by atoms with E-state index in [1.54, 1.807) is 16.2 Å². The molecule has 2 amide bonds. The molecule has 1 aromatic rings. The van der Waals surface area contributed by atoms with E-state index in [1.807, 2.05) is 6.92 Å². The molecule has 6 heteroatoms. The van der Waals surface area contributed by atoms with Gasteiger partial charge in [-0.05, 0) is 43.2 Å². The van der Waals surface area contributed by atoms with E-state index in [9.17, 15) is 14.7 Å². The van der Waals surface area contributed by atoms with Crippen LogP contribution in [0.2, 0.25) is 0 Å². The molecule has 0 saturated heterocycles. The third kappa shape index (κ3) is 2.41. The van der Waals surface area contributed by atoms with Gasteiger partial charge in [0.25, 0.3) is 0 Å². The zero-order chi connectivity index (χ0) is 15.0. The first-order valence-corrected chi connectivity index (χ1v) is 8.30. The highest BCUT2D eigenvalue weighted by Gasteiger charge is 2.44. The molecule has 1 saturated carbocycles. The van der Waals surface area contributed by atoms with Crippen molar-refractivity contribution in [1.29, 1.82) is 0 Å². The van der Waals surface area contributed by atoms with Gasteiger partial charge in [0.05, 0.1) is 6.04 Å². The molecular weight excluding hydrogens is 288 g/mol. The zero-order valence-electron chi connectivity index (χ0n) is 12.1. The number of rotatable bonds is 2. The Morgan fingerprint density at radius 2 is 2.14 bits per heavy atom. The van der Waals surface area contributed by atoms with Crippen molar-refractivity contribution in [3.63, 3.8) is 0 Å². The van der Waals surface area contributed by atoms with Crippen LogP contribution in [-0.2, 0) is 11.2 Å². The van der Waals surface area contributed by atoms with E-state index in [2.05, 4.69) is 16.8 Å². The summed E-state index contributed by atoms with van der Waals surface area (Å²) in [6.07, 6.45) is 3.62. The first kappa shape index (κ1) is 14.4. The summed E-state index contributed by atoms with van der Waals surface area (Å²) >= 11 is 1.73. The van der Waals surface area contributed by atoms with Gasteiger partial charge in [0, 0.05) is 11.4 Å². The van der Waals surface area contributed by atoms with Crippen molar-refractivity contribution < 1.29 is 14.7 Å². The van der Waals surface area contributed by atoms with Gasteiger partial charge in [0.15, 0.2) is 0 Å². The lowest BCUT2D eigenvalue weighted by molar-refractivity contribution is -0.144. The van der Waals surface area contributed by atoms with Crippen LogP contribution >= 0.6 is 11.3 Å². The van der Waals surface area contributed by atoms with Crippen molar-refractivity contribution in [1.82, 2.24) is 10.2 Å². The van der Waals surface area contributed by atoms with Crippen LogP contribution in [0.4, 0.5) is 4.79 Å². The summed E-state index contributed by atoms with van der Waals surface area (Å²) in [6.45, 7) is 2.66. The molecule has 21 heavy (non-hydrogen) atoms. The van der Waals surface area contributed by atoms with Gasteiger partial charge < -0.3 is 15.3 Å². The van der Waals surface area contributed by atoms with Crippen molar-refractivity contribution in [3.8, 4) is 0 Å². The number of hydrogen-bond acceptors (Lipinski definition) is 3. The molecule has 1 aromatic heterocycles. The zero-order valence-corrected chi connectivity index (χ0v) is 12.9. The predicted molar refractivity (Wildman–Crippen MR) is 80.5 cm³/mol. The second-order valence-corrected chi connectivity index (χ2v) is 6.94. The van der Waals surface area contributed by atoms with Gasteiger partial charge >= 0.3 is 12.0 Å². The number of aliphatic carboxylic acids is 1. The van der Waals surface area contributed by atoms with E-state index in [-0.39, 0.29) is 12.1 Å². The Kier molecular flexibility index (Phi) is 3.65. The van der Waals surface area contributed by atoms with Crippen molar-refractivity contribution in [2.24, 2.45) is 0 Å². The number of thiophene rings is 1. The minimum Gasteiger partial charge on any atom is -0.480 e. The van der Waals surface area contributed by atoms with Crippen LogP contribution in [0.5, 0.6) is 0 Å². The molecule has 5 nitrogen and oxygen atoms in total. The van der Waals surface area contributed by atoms with Crippen LogP contribution in [0.1, 0.15) is 49.1 Å². The Morgan fingerprint density at radius 3 is 2.81 bits per heavy atom. The molecule has 0 aromatic carbocycles. The fourth-order valence-corrected chi connectivity index (χ4v) is 4.40. The molecule has 0 radical (unpaired) electrons. The number of nitrogens with one attached hydrogen (secondary N) is 1. The summed E-state index contributed by atoms with van der Waals surface area (Å²) in [5.74, 6) is -0.908. The molecule has 1 unspecified atom stereocenters. The predicted octanol–water partition coefficient (Wildman–Crippen LogP) is 2.77. The van der Waals surface area contributed by atoms with Crippen LogP contribution in [0.25, 0.3) is 0 Å². The van der Waals surface area contributed by atoms with Gasteiger partial charge in [-0.15, -0.1) is 11.3 Å². The maximum Gasteiger partial charge on any atom is 0.329 e. The largest absolute Gasteiger partial charge is 0.480 e. The summed E-state index contributed by atoms with van der Waals surface area (Å²) in [5.41, 5.74) is 0.128. The van der Waals surface area contributed by atoms with E-state index < -0.39 is 11.5 Å². The number of carboxylic acids is 1. The lowest BCUT2D eigenvalue weighted by atomic mass is 9.97. The highest BCUT2D eigenvalue weighted by Crippen LogP contribution is 2.34. The van der Waals surface area contributed by atoms with Crippen molar-refractivity contribution in [2.45, 2.75) is 50.6 Å². The van der Waals surface area contributed by atoms with Crippen molar-refractivity contribution in [3.05, 3.63) is 21.9 Å². The maximum atomic E-state index is 12.6. The van der Waals surface area contributed by atoms with Gasteiger partial charge in [-0.25, -0.2) is 9.59 Å². The van der Waals surface area contributed by atoms with Crippen molar-refractivity contribution in [2.75, 3.05) is 6.54 Å². The lowest BCUT2D eigenvalue weighted by Crippen LogP contribution is -2.57. The lowest BCUT2D eigenvalue weighted by Gasteiger charge is -2.36. The maximum absolute atomic E-state index is 12.6. The van der Waals surface area contributed by atoms with Gasteiger partial charge in [0.2, 0.25) is 0 Å². The number of amides is 2. The molecule has 2 aliphatic rings. The van der Waals surface area contributed by atoms with E-state index in [0.717, 1.165) is 19.3 Å². The van der Waals surface area contributed by atoms with E-state index in [4.69, 9.17) is 0 Å². The average molecular weight is 308 g/mol. The van der Waals surface area contributed by atoms with E-state index >= 15 is 0 Å². The fraction of sp³-hybridized carbons (Fsp3) is 0.600. The highest BCUT2D eigenvalue weighted by atomic mass is 32.1. The number of urea groups is 1. The molecule has 0 bridgehead atoms. The molecular formula is C15H20N2O3S. The Balaban J connectivity index is 1.76. The van der Waals surface area contributed by atoms with Gasteiger partial charge in [0.1, 0.15) is 5.54 Å². The summed E-state index contributed by atoms with van der Waals surface area (Å²) < 4.78 is 0. The fourth-order valence-electron chi connectivity index (χ4n) is 3.43. The molecule has 1 aliphatic heterocycles. The molecule has 1 atom stereocenters. The SMILES string of the molecule is CC1c2ccsc2CCN1C(=O)NC1(C(=O)O)CCCC1. The van der Waals surface area contributed by atoms with Gasteiger partial charge in [-0.2, -0.15) is 0 Å². The molecule has 2 heterocycles. The Morgan fingerprint density at radius 1 is 1.43 bits per heavy atom. The summed E-state index contributed by atoms with van der Waals surface area (Å²) in [6, 6.07) is 1.82. The average Bonchev–Trinajstić information content (AvgIpc) is 3.08. The summed E-state index contributed by atoms with van der Waals surface area (Å²) in [7, 11) is 0. The molecule has 1 aliphatic carbocycles.